The molecule has 0 amide bonds. The number of ether oxygens (including phenoxy) is 2. The fraction of sp³-hybridized carbons (Fsp3) is 0.529. The molecule has 1 heterocycles. The molecule has 1 aliphatic heterocycles. The van der Waals surface area contributed by atoms with Crippen LogP contribution in [0.3, 0.4) is 0 Å². The van der Waals surface area contributed by atoms with Gasteiger partial charge in [0.05, 0.1) is 19.6 Å². The van der Waals surface area contributed by atoms with E-state index in [1.165, 1.54) is 7.11 Å². The summed E-state index contributed by atoms with van der Waals surface area (Å²) >= 11 is 6.22. The number of methoxy groups -OCH3 is 1. The zero-order valence-corrected chi connectivity index (χ0v) is 16.9. The number of nitrogens with one attached hydrogen (secondary N) is 1. The number of aliphatic imine (C=N–C) groups is 1. The fourth-order valence-corrected chi connectivity index (χ4v) is 3.89. The maximum absolute atomic E-state index is 12.6. The molecule has 0 saturated carbocycles. The van der Waals surface area contributed by atoms with Gasteiger partial charge in [-0.05, 0) is 39.3 Å². The Morgan fingerprint density at radius 1 is 1.31 bits per heavy atom. The average molecular weight is 403 g/mol. The van der Waals surface area contributed by atoms with Crippen molar-refractivity contribution in [3.05, 3.63) is 34.9 Å². The smallest absolute Gasteiger partial charge is 0.308 e. The van der Waals surface area contributed by atoms with E-state index in [9.17, 15) is 13.2 Å². The number of benzene rings is 1. The summed E-state index contributed by atoms with van der Waals surface area (Å²) in [6.45, 7) is 6.50. The highest BCUT2D eigenvalue weighted by Gasteiger charge is 2.54. The molecule has 1 saturated heterocycles. The minimum Gasteiger partial charge on any atom is -0.469 e. The van der Waals surface area contributed by atoms with E-state index in [-0.39, 0.29) is 12.4 Å². The van der Waals surface area contributed by atoms with Gasteiger partial charge in [0.15, 0.2) is 0 Å². The van der Waals surface area contributed by atoms with Crippen molar-refractivity contribution in [3.63, 3.8) is 0 Å². The molecule has 26 heavy (non-hydrogen) atoms. The highest BCUT2D eigenvalue weighted by Crippen LogP contribution is 2.37. The van der Waals surface area contributed by atoms with E-state index in [0.29, 0.717) is 10.6 Å². The predicted octanol–water partition coefficient (Wildman–Crippen LogP) is 2.81. The first-order chi connectivity index (χ1) is 11.9. The van der Waals surface area contributed by atoms with E-state index in [4.69, 9.17) is 21.1 Å². The molecule has 1 unspecified atom stereocenters. The van der Waals surface area contributed by atoms with E-state index in [1.807, 2.05) is 0 Å². The first-order valence-corrected chi connectivity index (χ1v) is 9.88. The van der Waals surface area contributed by atoms with Crippen LogP contribution in [-0.4, -0.2) is 37.9 Å². The van der Waals surface area contributed by atoms with Crippen molar-refractivity contribution in [2.75, 3.05) is 7.11 Å². The lowest BCUT2D eigenvalue weighted by Gasteiger charge is -2.44. The summed E-state index contributed by atoms with van der Waals surface area (Å²) in [5.74, 6) is -0.502. The number of esters is 1. The molecule has 0 aliphatic carbocycles. The number of rotatable bonds is 4. The van der Waals surface area contributed by atoms with Gasteiger partial charge in [-0.15, -0.1) is 0 Å². The number of sulfonamides is 1. The maximum atomic E-state index is 12.6. The van der Waals surface area contributed by atoms with Gasteiger partial charge in [-0.2, -0.15) is 0 Å². The highest BCUT2D eigenvalue weighted by atomic mass is 35.5. The molecule has 0 bridgehead atoms. The van der Waals surface area contributed by atoms with E-state index in [0.717, 1.165) is 0 Å². The molecule has 0 spiro atoms. The van der Waals surface area contributed by atoms with Gasteiger partial charge in [0.25, 0.3) is 6.02 Å². The van der Waals surface area contributed by atoms with Crippen LogP contribution in [0, 0.1) is 0 Å². The highest BCUT2D eigenvalue weighted by molar-refractivity contribution is 7.91. The van der Waals surface area contributed by atoms with Crippen molar-refractivity contribution in [1.29, 1.82) is 0 Å². The monoisotopic (exact) mass is 402 g/mol. The van der Waals surface area contributed by atoms with E-state index < -0.39 is 32.4 Å². The van der Waals surface area contributed by atoms with Gasteiger partial charge >= 0.3 is 5.97 Å². The molecule has 1 aromatic rings. The molecule has 144 valence electrons. The van der Waals surface area contributed by atoms with Gasteiger partial charge in [0.2, 0.25) is 10.0 Å². The third-order valence-electron chi connectivity index (χ3n) is 4.82. The summed E-state index contributed by atoms with van der Waals surface area (Å²) < 4.78 is 36.9. The first kappa shape index (κ1) is 20.5. The van der Waals surface area contributed by atoms with Gasteiger partial charge in [-0.25, -0.2) is 18.1 Å². The Labute approximate surface area is 158 Å². The number of hydrogen-bond acceptors (Lipinski definition) is 6. The Hall–Kier alpha value is -1.80. The largest absolute Gasteiger partial charge is 0.469 e. The molecule has 1 fully saturated rings. The summed E-state index contributed by atoms with van der Waals surface area (Å²) in [5.41, 5.74) is -0.468. The molecule has 1 aromatic carbocycles. The summed E-state index contributed by atoms with van der Waals surface area (Å²) in [7, 11) is -2.48. The third-order valence-corrected chi connectivity index (χ3v) is 7.44. The molecule has 2 rings (SSSR count). The van der Waals surface area contributed by atoms with Crippen molar-refractivity contribution in [2.24, 2.45) is 4.99 Å². The topological polar surface area (TPSA) is 94.1 Å². The molecule has 0 aromatic heterocycles. The number of carbonyl (C=O) groups excluding carboxylic acids is 1. The second-order valence-corrected chi connectivity index (χ2v) is 9.62. The van der Waals surface area contributed by atoms with E-state index in [1.54, 1.807) is 52.0 Å². The standard InChI is InChI=1S/C17H23ClN2O5S/c1-16(2)17(3,4)26(22,23)20-15(25-16)19-13(10-14(21)24-5)11-8-6-7-9-12(11)18/h6-9,13H,10H2,1-5H3,(H,19,20). The lowest BCUT2D eigenvalue weighted by atomic mass is 9.93. The predicted molar refractivity (Wildman–Crippen MR) is 99.6 cm³/mol. The van der Waals surface area contributed by atoms with Crippen molar-refractivity contribution >= 4 is 33.6 Å². The van der Waals surface area contributed by atoms with Gasteiger partial charge in [0.1, 0.15) is 10.3 Å². The molecule has 0 radical (unpaired) electrons. The minimum absolute atomic E-state index is 0.112. The zero-order chi connectivity index (χ0) is 19.8. The normalized spacial score (nSPS) is 22.8. The summed E-state index contributed by atoms with van der Waals surface area (Å²) in [6, 6.07) is 5.95. The number of halogens is 1. The second-order valence-electron chi connectivity index (χ2n) is 6.98. The van der Waals surface area contributed by atoms with Crippen LogP contribution < -0.4 is 4.72 Å². The average Bonchev–Trinajstić information content (AvgIpc) is 2.52. The number of carbonyl (C=O) groups is 1. The molecule has 1 N–H and O–H groups in total. The van der Waals surface area contributed by atoms with Crippen LogP contribution in [0.15, 0.2) is 29.3 Å². The molecular formula is C17H23ClN2O5S. The summed E-state index contributed by atoms with van der Waals surface area (Å²) in [5, 5.41) is 0.406. The van der Waals surface area contributed by atoms with Gasteiger partial charge in [-0.1, -0.05) is 29.8 Å². The zero-order valence-electron chi connectivity index (χ0n) is 15.4. The van der Waals surface area contributed by atoms with Gasteiger partial charge in [0, 0.05) is 5.02 Å². The summed E-state index contributed by atoms with van der Waals surface area (Å²) in [6.07, 6.45) is -0.112. The molecule has 7 nitrogen and oxygen atoms in total. The lowest BCUT2D eigenvalue weighted by molar-refractivity contribution is -0.141. The Bertz CT molecular complexity index is 833. The van der Waals surface area contributed by atoms with Crippen LogP contribution in [0.5, 0.6) is 0 Å². The Kier molecular flexibility index (Phi) is 5.58. The van der Waals surface area contributed by atoms with Crippen molar-refractivity contribution in [2.45, 2.75) is 50.5 Å². The molecule has 1 aliphatic rings. The Balaban J connectivity index is 2.47. The van der Waals surface area contributed by atoms with Gasteiger partial charge in [-0.3, -0.25) is 4.79 Å². The van der Waals surface area contributed by atoms with Crippen LogP contribution in [0.25, 0.3) is 0 Å². The third kappa shape index (κ3) is 3.81. The summed E-state index contributed by atoms with van der Waals surface area (Å²) in [4.78, 5) is 16.1. The Morgan fingerprint density at radius 2 is 1.92 bits per heavy atom. The van der Waals surface area contributed by atoms with E-state index >= 15 is 0 Å². The minimum atomic E-state index is -3.74. The second kappa shape index (κ2) is 7.08. The molecule has 1 atom stereocenters. The van der Waals surface area contributed by atoms with E-state index in [2.05, 4.69) is 9.71 Å². The lowest BCUT2D eigenvalue weighted by Crippen LogP contribution is -2.64. The van der Waals surface area contributed by atoms with Gasteiger partial charge < -0.3 is 9.47 Å². The molecule has 9 heteroatoms. The van der Waals surface area contributed by atoms with Crippen LogP contribution >= 0.6 is 11.6 Å². The van der Waals surface area contributed by atoms with Crippen LogP contribution in [-0.2, 0) is 24.3 Å². The maximum Gasteiger partial charge on any atom is 0.308 e. The van der Waals surface area contributed by atoms with Crippen molar-refractivity contribution < 1.29 is 22.7 Å². The first-order valence-electron chi connectivity index (χ1n) is 8.01. The number of nitrogens with zero attached hydrogens (tertiary/aromatic N) is 1. The quantitative estimate of drug-likeness (QED) is 0.781. The number of amidine groups is 1. The number of hydrogen-bond donors (Lipinski definition) is 1. The van der Waals surface area contributed by atoms with Crippen LogP contribution in [0.4, 0.5) is 0 Å². The van der Waals surface area contributed by atoms with Crippen molar-refractivity contribution in [3.8, 4) is 0 Å². The molecular weight excluding hydrogens is 380 g/mol. The fourth-order valence-electron chi connectivity index (χ4n) is 2.36. The Morgan fingerprint density at radius 3 is 2.46 bits per heavy atom. The van der Waals surface area contributed by atoms with Crippen LogP contribution in [0.2, 0.25) is 5.02 Å². The van der Waals surface area contributed by atoms with Crippen LogP contribution in [0.1, 0.15) is 45.7 Å². The SMILES string of the molecule is COC(=O)CC(N=C1NS(=O)(=O)C(C)(C)C(C)(C)O1)c1ccccc1Cl. The van der Waals surface area contributed by atoms with Crippen molar-refractivity contribution in [1.82, 2.24) is 4.72 Å².